The quantitative estimate of drug-likeness (QED) is 0.661. The number of rotatable bonds is 7. The number of nitrogens with one attached hydrogen (secondary N) is 1. The lowest BCUT2D eigenvalue weighted by molar-refractivity contribution is -0.120. The summed E-state index contributed by atoms with van der Waals surface area (Å²) >= 11 is 0. The smallest absolute Gasteiger partial charge is 0.243 e. The molecule has 1 fully saturated rings. The van der Waals surface area contributed by atoms with E-state index in [0.29, 0.717) is 43.2 Å². The van der Waals surface area contributed by atoms with Gasteiger partial charge in [-0.2, -0.15) is 4.31 Å². The number of anilines is 1. The number of hydrogen-bond donors (Lipinski definition) is 1. The van der Waals surface area contributed by atoms with Crippen LogP contribution in [0, 0.1) is 5.92 Å². The SMILES string of the molecule is CCOc1cc2c(cc1NC(=O)C1CCCN(S(=O)(=O)c3ccc(OC)cc3)C1)OC(C)C2. The summed E-state index contributed by atoms with van der Waals surface area (Å²) in [7, 11) is -2.17. The van der Waals surface area contributed by atoms with Crippen LogP contribution in [0.4, 0.5) is 5.69 Å². The number of nitrogens with zero attached hydrogens (tertiary/aromatic N) is 1. The van der Waals surface area contributed by atoms with Crippen molar-refractivity contribution in [2.24, 2.45) is 5.92 Å². The van der Waals surface area contributed by atoms with Crippen molar-refractivity contribution in [3.63, 3.8) is 0 Å². The van der Waals surface area contributed by atoms with Gasteiger partial charge in [0, 0.05) is 31.1 Å². The molecule has 2 aliphatic heterocycles. The van der Waals surface area contributed by atoms with Crippen LogP contribution in [0.1, 0.15) is 32.3 Å². The van der Waals surface area contributed by atoms with E-state index < -0.39 is 15.9 Å². The zero-order valence-electron chi connectivity index (χ0n) is 19.2. The number of fused-ring (bicyclic) bond motifs is 1. The first-order valence-electron chi connectivity index (χ1n) is 11.2. The number of hydrogen-bond acceptors (Lipinski definition) is 6. The lowest BCUT2D eigenvalue weighted by atomic mass is 9.98. The summed E-state index contributed by atoms with van der Waals surface area (Å²) in [6.45, 7) is 4.87. The summed E-state index contributed by atoms with van der Waals surface area (Å²) in [5.74, 6) is 1.24. The summed E-state index contributed by atoms with van der Waals surface area (Å²) in [5, 5.41) is 2.95. The Morgan fingerprint density at radius 2 is 2.00 bits per heavy atom. The van der Waals surface area contributed by atoms with E-state index >= 15 is 0 Å². The third-order valence-corrected chi connectivity index (χ3v) is 7.89. The van der Waals surface area contributed by atoms with Crippen molar-refractivity contribution in [2.75, 3.05) is 32.1 Å². The van der Waals surface area contributed by atoms with Gasteiger partial charge < -0.3 is 19.5 Å². The minimum atomic E-state index is -3.70. The summed E-state index contributed by atoms with van der Waals surface area (Å²) in [6, 6.07) is 10.0. The zero-order chi connectivity index (χ0) is 23.6. The molecule has 0 aromatic heterocycles. The van der Waals surface area contributed by atoms with Gasteiger partial charge in [-0.3, -0.25) is 4.79 Å². The van der Waals surface area contributed by atoms with Crippen LogP contribution in [0.15, 0.2) is 41.3 Å². The van der Waals surface area contributed by atoms with Crippen LogP contribution in [0.3, 0.4) is 0 Å². The number of ether oxygens (including phenoxy) is 3. The van der Waals surface area contributed by atoms with Crippen LogP contribution in [0.5, 0.6) is 17.2 Å². The molecular formula is C24H30N2O6S. The first-order chi connectivity index (χ1) is 15.8. The van der Waals surface area contributed by atoms with Gasteiger partial charge in [-0.15, -0.1) is 0 Å². The molecule has 0 saturated carbocycles. The average molecular weight is 475 g/mol. The van der Waals surface area contributed by atoms with Crippen molar-refractivity contribution >= 4 is 21.6 Å². The van der Waals surface area contributed by atoms with E-state index in [9.17, 15) is 13.2 Å². The number of amides is 1. The molecule has 0 bridgehead atoms. The number of sulfonamides is 1. The van der Waals surface area contributed by atoms with Gasteiger partial charge in [0.05, 0.1) is 30.2 Å². The third kappa shape index (κ3) is 4.94. The summed E-state index contributed by atoms with van der Waals surface area (Å²) in [4.78, 5) is 13.3. The molecule has 4 rings (SSSR count). The molecule has 1 N–H and O–H groups in total. The van der Waals surface area contributed by atoms with Crippen molar-refractivity contribution in [2.45, 2.75) is 44.1 Å². The Balaban J connectivity index is 1.50. The molecule has 2 aromatic carbocycles. The molecule has 0 radical (unpaired) electrons. The zero-order valence-corrected chi connectivity index (χ0v) is 20.0. The van der Waals surface area contributed by atoms with Crippen molar-refractivity contribution in [1.29, 1.82) is 0 Å². The molecule has 2 unspecified atom stereocenters. The highest BCUT2D eigenvalue weighted by molar-refractivity contribution is 7.89. The molecule has 0 aliphatic carbocycles. The Hall–Kier alpha value is -2.78. The van der Waals surface area contributed by atoms with E-state index in [0.717, 1.165) is 17.7 Å². The van der Waals surface area contributed by atoms with Crippen molar-refractivity contribution in [3.8, 4) is 17.2 Å². The van der Waals surface area contributed by atoms with E-state index in [4.69, 9.17) is 14.2 Å². The third-order valence-electron chi connectivity index (χ3n) is 6.01. The molecule has 9 heteroatoms. The van der Waals surface area contributed by atoms with Gasteiger partial charge in [-0.1, -0.05) is 0 Å². The fraction of sp³-hybridized carbons (Fsp3) is 0.458. The van der Waals surface area contributed by atoms with Crippen LogP contribution in [0.25, 0.3) is 0 Å². The lowest BCUT2D eigenvalue weighted by Gasteiger charge is -2.31. The van der Waals surface area contributed by atoms with E-state index in [1.54, 1.807) is 18.2 Å². The van der Waals surface area contributed by atoms with Crippen LogP contribution in [-0.2, 0) is 21.2 Å². The van der Waals surface area contributed by atoms with E-state index in [-0.39, 0.29) is 23.5 Å². The molecule has 2 aromatic rings. The van der Waals surface area contributed by atoms with Gasteiger partial charge in [0.2, 0.25) is 15.9 Å². The molecule has 8 nitrogen and oxygen atoms in total. The highest BCUT2D eigenvalue weighted by Crippen LogP contribution is 2.38. The first kappa shape index (κ1) is 23.4. The van der Waals surface area contributed by atoms with Gasteiger partial charge >= 0.3 is 0 Å². The fourth-order valence-corrected chi connectivity index (χ4v) is 5.84. The Morgan fingerprint density at radius 3 is 2.70 bits per heavy atom. The number of benzene rings is 2. The minimum absolute atomic E-state index is 0.0792. The summed E-state index contributed by atoms with van der Waals surface area (Å²) in [5.41, 5.74) is 1.60. The molecular weight excluding hydrogens is 444 g/mol. The maximum atomic E-state index is 13.1. The van der Waals surface area contributed by atoms with Crippen LogP contribution in [0.2, 0.25) is 0 Å². The predicted molar refractivity (Wildman–Crippen MR) is 125 cm³/mol. The van der Waals surface area contributed by atoms with Gasteiger partial charge in [-0.25, -0.2) is 8.42 Å². The van der Waals surface area contributed by atoms with Gasteiger partial charge in [0.25, 0.3) is 0 Å². The van der Waals surface area contributed by atoms with Crippen LogP contribution < -0.4 is 19.5 Å². The second-order valence-electron chi connectivity index (χ2n) is 8.39. The Kier molecular flexibility index (Phi) is 6.81. The molecule has 2 aliphatic rings. The number of piperidine rings is 1. The molecule has 0 spiro atoms. The highest BCUT2D eigenvalue weighted by Gasteiger charge is 2.34. The molecule has 2 heterocycles. The molecule has 1 amide bonds. The number of carbonyl (C=O) groups is 1. The monoisotopic (exact) mass is 474 g/mol. The largest absolute Gasteiger partial charge is 0.497 e. The van der Waals surface area contributed by atoms with Crippen molar-refractivity contribution < 1.29 is 27.4 Å². The second-order valence-corrected chi connectivity index (χ2v) is 10.3. The van der Waals surface area contributed by atoms with E-state index in [1.165, 1.54) is 23.5 Å². The molecule has 1 saturated heterocycles. The maximum Gasteiger partial charge on any atom is 0.243 e. The van der Waals surface area contributed by atoms with Crippen LogP contribution in [-0.4, -0.2) is 51.5 Å². The van der Waals surface area contributed by atoms with E-state index in [2.05, 4.69) is 5.32 Å². The maximum absolute atomic E-state index is 13.1. The standard InChI is InChI=1S/C24H30N2O6S/c1-4-31-23-13-18-12-16(2)32-22(18)14-21(23)25-24(27)17-6-5-11-26(15-17)33(28,29)20-9-7-19(30-3)8-10-20/h7-10,13-14,16-17H,4-6,11-12,15H2,1-3H3,(H,25,27). The fourth-order valence-electron chi connectivity index (χ4n) is 4.32. The Labute approximate surface area is 194 Å². The van der Waals surface area contributed by atoms with Crippen LogP contribution >= 0.6 is 0 Å². The average Bonchev–Trinajstić information content (AvgIpc) is 3.18. The summed E-state index contributed by atoms with van der Waals surface area (Å²) in [6.07, 6.45) is 2.10. The predicted octanol–water partition coefficient (Wildman–Crippen LogP) is 3.46. The van der Waals surface area contributed by atoms with Crippen molar-refractivity contribution in [1.82, 2.24) is 4.31 Å². The summed E-state index contributed by atoms with van der Waals surface area (Å²) < 4.78 is 44.3. The Bertz CT molecular complexity index is 1120. The molecule has 178 valence electrons. The number of methoxy groups -OCH3 is 1. The molecule has 33 heavy (non-hydrogen) atoms. The van der Waals surface area contributed by atoms with E-state index in [1.807, 2.05) is 19.9 Å². The minimum Gasteiger partial charge on any atom is -0.497 e. The highest BCUT2D eigenvalue weighted by atomic mass is 32.2. The molecule has 2 atom stereocenters. The topological polar surface area (TPSA) is 94.2 Å². The lowest BCUT2D eigenvalue weighted by Crippen LogP contribution is -2.43. The normalized spacial score (nSPS) is 20.6. The Morgan fingerprint density at radius 1 is 1.24 bits per heavy atom. The first-order valence-corrected chi connectivity index (χ1v) is 12.7. The van der Waals surface area contributed by atoms with Gasteiger partial charge in [-0.05, 0) is 57.0 Å². The van der Waals surface area contributed by atoms with Gasteiger partial charge in [0.1, 0.15) is 23.4 Å². The van der Waals surface area contributed by atoms with Crippen molar-refractivity contribution in [3.05, 3.63) is 42.0 Å². The second kappa shape index (κ2) is 9.61. The number of carbonyl (C=O) groups excluding carboxylic acids is 1. The van der Waals surface area contributed by atoms with Gasteiger partial charge in [0.15, 0.2) is 0 Å².